The first kappa shape index (κ1) is 13.4. The van der Waals surface area contributed by atoms with Gasteiger partial charge in [-0.25, -0.2) is 0 Å². The number of aliphatic hydroxyl groups excluding tert-OH is 1. The van der Waals surface area contributed by atoms with Crippen LogP contribution >= 0.6 is 0 Å². The van der Waals surface area contributed by atoms with Crippen LogP contribution in [0.15, 0.2) is 0 Å². The number of nitrogens with one attached hydrogen (secondary N) is 1. The molecule has 2 atom stereocenters. The van der Waals surface area contributed by atoms with Gasteiger partial charge in [0.2, 0.25) is 0 Å². The van der Waals surface area contributed by atoms with E-state index in [9.17, 15) is 9.90 Å². The van der Waals surface area contributed by atoms with Gasteiger partial charge in [0.15, 0.2) is 0 Å². The molecule has 92 valence electrons. The maximum atomic E-state index is 11.1. The minimum atomic E-state index is -1.33. The Hall–Kier alpha value is -0.625. The van der Waals surface area contributed by atoms with Crippen LogP contribution in [0.5, 0.6) is 0 Å². The third-order valence-corrected chi connectivity index (χ3v) is 2.99. The van der Waals surface area contributed by atoms with Crippen LogP contribution in [0, 0.1) is 0 Å². The van der Waals surface area contributed by atoms with Gasteiger partial charge in [0.05, 0.1) is 6.10 Å². The zero-order valence-corrected chi connectivity index (χ0v) is 9.09. The number of unbranched alkanes of at least 4 members (excludes halogenated alkanes) is 1. The van der Waals surface area contributed by atoms with Crippen molar-refractivity contribution in [1.82, 2.24) is 5.32 Å². The lowest BCUT2D eigenvalue weighted by Gasteiger charge is -2.24. The largest absolute Gasteiger partial charge is 0.480 e. The average Bonchev–Trinajstić information content (AvgIpc) is 2.56. The lowest BCUT2D eigenvalue weighted by molar-refractivity contribution is -0.144. The summed E-state index contributed by atoms with van der Waals surface area (Å²) < 4.78 is 0. The molecule has 5 N–H and O–H groups in total. The second-order valence-electron chi connectivity index (χ2n) is 4.35. The van der Waals surface area contributed by atoms with Crippen LogP contribution < -0.4 is 5.32 Å². The molecule has 6 nitrogen and oxygen atoms in total. The smallest absolute Gasteiger partial charge is 0.451 e. The number of carboxylic acids is 1. The molecule has 16 heavy (non-hydrogen) atoms. The Balaban J connectivity index is 2.38. The van der Waals surface area contributed by atoms with Crippen molar-refractivity contribution in [3.05, 3.63) is 0 Å². The van der Waals surface area contributed by atoms with Gasteiger partial charge in [-0.05, 0) is 12.7 Å². The molecule has 0 amide bonds. The zero-order chi connectivity index (χ0) is 12.2. The number of rotatable bonds is 6. The van der Waals surface area contributed by atoms with Crippen molar-refractivity contribution in [3.63, 3.8) is 0 Å². The van der Waals surface area contributed by atoms with E-state index in [0.29, 0.717) is 25.8 Å². The monoisotopic (exact) mass is 231 g/mol. The number of hydrogen-bond donors (Lipinski definition) is 5. The number of aliphatic carboxylic acids is 1. The molecule has 0 bridgehead atoms. The van der Waals surface area contributed by atoms with Crippen molar-refractivity contribution in [2.24, 2.45) is 0 Å². The molecule has 1 heterocycles. The summed E-state index contributed by atoms with van der Waals surface area (Å²) in [6.07, 6.45) is 1.39. The fraction of sp³-hybridized carbons (Fsp3) is 0.889. The molecule has 0 radical (unpaired) electrons. The summed E-state index contributed by atoms with van der Waals surface area (Å²) in [5.74, 6) is -0.950. The SMILES string of the molecule is O=C(O)[C@@]1(CCCCB(O)O)C[C@@H](O)CN1. The number of carboxylic acid groups (broad SMARTS) is 1. The first-order valence-electron chi connectivity index (χ1n) is 5.49. The van der Waals surface area contributed by atoms with Crippen molar-refractivity contribution >= 4 is 13.1 Å². The maximum Gasteiger partial charge on any atom is 0.451 e. The fourth-order valence-corrected chi connectivity index (χ4v) is 2.07. The predicted octanol–water partition coefficient (Wildman–Crippen LogP) is -1.19. The Morgan fingerprint density at radius 3 is 2.56 bits per heavy atom. The van der Waals surface area contributed by atoms with Crippen LogP contribution in [-0.2, 0) is 4.79 Å². The second kappa shape index (κ2) is 5.63. The molecular weight excluding hydrogens is 213 g/mol. The number of β-amino-alcohol motifs (C(OH)–C–C–N with tert-alkyl or cyclic N) is 1. The first-order valence-corrected chi connectivity index (χ1v) is 5.49. The lowest BCUT2D eigenvalue weighted by atomic mass is 9.81. The molecule has 1 fully saturated rings. The molecule has 0 aromatic rings. The molecule has 0 spiro atoms. The Bertz CT molecular complexity index is 250. The van der Waals surface area contributed by atoms with Gasteiger partial charge in [0, 0.05) is 13.0 Å². The van der Waals surface area contributed by atoms with Gasteiger partial charge < -0.3 is 20.3 Å². The zero-order valence-electron chi connectivity index (χ0n) is 9.09. The van der Waals surface area contributed by atoms with Crippen molar-refractivity contribution < 1.29 is 25.1 Å². The van der Waals surface area contributed by atoms with E-state index in [1.54, 1.807) is 0 Å². The van der Waals surface area contributed by atoms with Gasteiger partial charge in [0.25, 0.3) is 0 Å². The van der Waals surface area contributed by atoms with E-state index in [-0.39, 0.29) is 12.7 Å². The fourth-order valence-electron chi connectivity index (χ4n) is 2.07. The lowest BCUT2D eigenvalue weighted by Crippen LogP contribution is -2.47. The normalized spacial score (nSPS) is 29.3. The molecule has 0 unspecified atom stereocenters. The molecule has 1 aliphatic rings. The molecule has 1 aliphatic heterocycles. The van der Waals surface area contributed by atoms with Gasteiger partial charge in [-0.15, -0.1) is 0 Å². The highest BCUT2D eigenvalue weighted by Crippen LogP contribution is 2.26. The Morgan fingerprint density at radius 2 is 2.12 bits per heavy atom. The molecule has 7 heteroatoms. The van der Waals surface area contributed by atoms with Crippen LogP contribution in [0.25, 0.3) is 0 Å². The Kier molecular flexibility index (Phi) is 4.73. The van der Waals surface area contributed by atoms with Crippen molar-refractivity contribution in [3.8, 4) is 0 Å². The van der Waals surface area contributed by atoms with Gasteiger partial charge in [-0.1, -0.05) is 12.8 Å². The van der Waals surface area contributed by atoms with Crippen LogP contribution in [0.1, 0.15) is 25.7 Å². The van der Waals surface area contributed by atoms with E-state index < -0.39 is 24.7 Å². The molecule has 0 aromatic heterocycles. The molecular formula is C9H18BNO5. The Labute approximate surface area is 94.4 Å². The van der Waals surface area contributed by atoms with Crippen molar-refractivity contribution in [2.45, 2.75) is 43.6 Å². The topological polar surface area (TPSA) is 110 Å². The quantitative estimate of drug-likeness (QED) is 0.290. The molecule has 0 saturated carbocycles. The van der Waals surface area contributed by atoms with E-state index in [1.807, 2.05) is 0 Å². The minimum absolute atomic E-state index is 0.212. The van der Waals surface area contributed by atoms with E-state index >= 15 is 0 Å². The standard InChI is InChI=1S/C9H18BNO5/c12-7-5-9(8(13)14,11-6-7)3-1-2-4-10(15)16/h7,11-12,15-16H,1-6H2,(H,13,14)/t7-,9-/m1/s1. The predicted molar refractivity (Wildman–Crippen MR) is 57.8 cm³/mol. The van der Waals surface area contributed by atoms with Gasteiger partial charge >= 0.3 is 13.1 Å². The van der Waals surface area contributed by atoms with Crippen LogP contribution in [0.3, 0.4) is 0 Å². The molecule has 1 saturated heterocycles. The summed E-state index contributed by atoms with van der Waals surface area (Å²) >= 11 is 0. The summed E-state index contributed by atoms with van der Waals surface area (Å²) in [6, 6.07) is 0. The summed E-state index contributed by atoms with van der Waals surface area (Å²) in [7, 11) is -1.33. The van der Waals surface area contributed by atoms with Crippen LogP contribution in [0.2, 0.25) is 6.32 Å². The Morgan fingerprint density at radius 1 is 1.44 bits per heavy atom. The molecule has 0 aromatic carbocycles. The average molecular weight is 231 g/mol. The highest BCUT2D eigenvalue weighted by Gasteiger charge is 2.44. The van der Waals surface area contributed by atoms with Crippen molar-refractivity contribution in [1.29, 1.82) is 0 Å². The summed E-state index contributed by atoms with van der Waals surface area (Å²) in [5, 5.41) is 38.6. The summed E-state index contributed by atoms with van der Waals surface area (Å²) in [6.45, 7) is 0.301. The highest BCUT2D eigenvalue weighted by molar-refractivity contribution is 6.40. The molecule has 0 aliphatic carbocycles. The second-order valence-corrected chi connectivity index (χ2v) is 4.35. The summed E-state index contributed by atoms with van der Waals surface area (Å²) in [4.78, 5) is 11.1. The van der Waals surface area contributed by atoms with Gasteiger partial charge in [-0.3, -0.25) is 10.1 Å². The molecule has 1 rings (SSSR count). The van der Waals surface area contributed by atoms with E-state index in [4.69, 9.17) is 15.2 Å². The van der Waals surface area contributed by atoms with Gasteiger partial charge in [-0.2, -0.15) is 0 Å². The number of hydrogen-bond acceptors (Lipinski definition) is 5. The van der Waals surface area contributed by atoms with E-state index in [2.05, 4.69) is 5.32 Å². The minimum Gasteiger partial charge on any atom is -0.480 e. The van der Waals surface area contributed by atoms with Crippen LogP contribution in [-0.4, -0.2) is 51.5 Å². The summed E-state index contributed by atoms with van der Waals surface area (Å²) in [5.41, 5.74) is -1.04. The van der Waals surface area contributed by atoms with E-state index in [1.165, 1.54) is 0 Å². The maximum absolute atomic E-state index is 11.1. The van der Waals surface area contributed by atoms with Gasteiger partial charge in [0.1, 0.15) is 5.54 Å². The third kappa shape index (κ3) is 3.45. The number of carbonyl (C=O) groups is 1. The third-order valence-electron chi connectivity index (χ3n) is 2.99. The highest BCUT2D eigenvalue weighted by atomic mass is 16.4. The number of aliphatic hydroxyl groups is 1. The van der Waals surface area contributed by atoms with E-state index in [0.717, 1.165) is 0 Å². The van der Waals surface area contributed by atoms with Crippen molar-refractivity contribution in [2.75, 3.05) is 6.54 Å². The van der Waals surface area contributed by atoms with Crippen LogP contribution in [0.4, 0.5) is 0 Å². The first-order chi connectivity index (χ1) is 7.46.